The van der Waals surface area contributed by atoms with Crippen LogP contribution >= 0.6 is 0 Å². The average molecular weight is 324 g/mol. The fraction of sp³-hybridized carbons (Fsp3) is 0.158. The Morgan fingerprint density at radius 3 is 2.54 bits per heavy atom. The van der Waals surface area contributed by atoms with Crippen LogP contribution in [0.15, 0.2) is 47.3 Å². The van der Waals surface area contributed by atoms with Crippen LogP contribution in [0.4, 0.5) is 4.39 Å². The molecule has 0 atom stereocenters. The van der Waals surface area contributed by atoms with Crippen LogP contribution in [0.3, 0.4) is 0 Å². The number of aromatic amines is 1. The maximum atomic E-state index is 12.9. The molecule has 0 fully saturated rings. The molecule has 0 aliphatic rings. The van der Waals surface area contributed by atoms with Gasteiger partial charge in [0.1, 0.15) is 5.82 Å². The average Bonchev–Trinajstić information content (AvgIpc) is 2.54. The van der Waals surface area contributed by atoms with Gasteiger partial charge in [0.2, 0.25) is 0 Å². The molecule has 1 amide bonds. The summed E-state index contributed by atoms with van der Waals surface area (Å²) in [4.78, 5) is 27.1. The molecular weight excluding hydrogens is 307 g/mol. The van der Waals surface area contributed by atoms with Crippen molar-refractivity contribution in [3.63, 3.8) is 0 Å². The van der Waals surface area contributed by atoms with Crippen LogP contribution in [0.2, 0.25) is 0 Å². The van der Waals surface area contributed by atoms with Crippen molar-refractivity contribution >= 4 is 16.8 Å². The van der Waals surface area contributed by atoms with Crippen LogP contribution < -0.4 is 10.9 Å². The number of hydrogen-bond acceptors (Lipinski definition) is 2. The first-order valence-corrected chi connectivity index (χ1v) is 7.61. The fourth-order valence-corrected chi connectivity index (χ4v) is 2.74. The molecule has 0 aliphatic heterocycles. The molecular formula is C19H17FN2O2. The van der Waals surface area contributed by atoms with E-state index >= 15 is 0 Å². The second kappa shape index (κ2) is 6.28. The van der Waals surface area contributed by atoms with Crippen LogP contribution in [-0.2, 0) is 6.54 Å². The van der Waals surface area contributed by atoms with Gasteiger partial charge in [-0.25, -0.2) is 4.39 Å². The standard InChI is InChI=1S/C19H17FN2O2/c1-11-7-12(2)17-14(8-11)9-15(19(24)22-17)10-21-18(23)13-3-5-16(20)6-4-13/h3-9H,10H2,1-2H3,(H,21,23)(H,22,24). The highest BCUT2D eigenvalue weighted by atomic mass is 19.1. The van der Waals surface area contributed by atoms with Gasteiger partial charge in [-0.15, -0.1) is 0 Å². The van der Waals surface area contributed by atoms with Crippen LogP contribution in [0.5, 0.6) is 0 Å². The number of halogens is 1. The van der Waals surface area contributed by atoms with Gasteiger partial charge in [-0.1, -0.05) is 11.6 Å². The Morgan fingerprint density at radius 2 is 1.83 bits per heavy atom. The molecule has 1 aromatic heterocycles. The number of pyridine rings is 1. The van der Waals surface area contributed by atoms with Crippen LogP contribution in [0.25, 0.3) is 10.9 Å². The smallest absolute Gasteiger partial charge is 0.253 e. The predicted octanol–water partition coefficient (Wildman–Crippen LogP) is 3.21. The van der Waals surface area contributed by atoms with Gasteiger partial charge in [-0.05, 0) is 61.2 Å². The van der Waals surface area contributed by atoms with Gasteiger partial charge in [0.05, 0.1) is 5.52 Å². The van der Waals surface area contributed by atoms with Crippen molar-refractivity contribution in [2.75, 3.05) is 0 Å². The van der Waals surface area contributed by atoms with E-state index in [4.69, 9.17) is 0 Å². The third-order valence-electron chi connectivity index (χ3n) is 3.92. The van der Waals surface area contributed by atoms with E-state index < -0.39 is 5.82 Å². The third kappa shape index (κ3) is 3.20. The lowest BCUT2D eigenvalue weighted by atomic mass is 10.1. The minimum Gasteiger partial charge on any atom is -0.348 e. The van der Waals surface area contributed by atoms with Crippen molar-refractivity contribution in [3.8, 4) is 0 Å². The molecule has 24 heavy (non-hydrogen) atoms. The van der Waals surface area contributed by atoms with E-state index in [2.05, 4.69) is 10.3 Å². The van der Waals surface area contributed by atoms with Crippen molar-refractivity contribution in [1.82, 2.24) is 10.3 Å². The first kappa shape index (κ1) is 15.9. The van der Waals surface area contributed by atoms with Gasteiger partial charge in [-0.3, -0.25) is 9.59 Å². The van der Waals surface area contributed by atoms with E-state index in [0.29, 0.717) is 11.1 Å². The number of amides is 1. The SMILES string of the molecule is Cc1cc(C)c2[nH]c(=O)c(CNC(=O)c3ccc(F)cc3)cc2c1. The largest absolute Gasteiger partial charge is 0.348 e. The van der Waals surface area contributed by atoms with Gasteiger partial charge in [0.15, 0.2) is 0 Å². The summed E-state index contributed by atoms with van der Waals surface area (Å²) in [6, 6.07) is 11.0. The van der Waals surface area contributed by atoms with Crippen molar-refractivity contribution in [1.29, 1.82) is 0 Å². The first-order valence-electron chi connectivity index (χ1n) is 7.61. The summed E-state index contributed by atoms with van der Waals surface area (Å²) < 4.78 is 12.9. The van der Waals surface area contributed by atoms with Gasteiger partial charge < -0.3 is 10.3 Å². The highest BCUT2D eigenvalue weighted by Crippen LogP contribution is 2.18. The number of H-pyrrole nitrogens is 1. The third-order valence-corrected chi connectivity index (χ3v) is 3.92. The Morgan fingerprint density at radius 1 is 1.12 bits per heavy atom. The highest BCUT2D eigenvalue weighted by Gasteiger charge is 2.09. The van der Waals surface area contributed by atoms with E-state index in [1.165, 1.54) is 24.3 Å². The number of rotatable bonds is 3. The van der Waals surface area contributed by atoms with E-state index in [9.17, 15) is 14.0 Å². The van der Waals surface area contributed by atoms with Gasteiger partial charge in [0, 0.05) is 17.7 Å². The quantitative estimate of drug-likeness (QED) is 0.777. The number of aryl methyl sites for hydroxylation is 2. The zero-order valence-electron chi connectivity index (χ0n) is 13.4. The number of carbonyl (C=O) groups excluding carboxylic acids is 1. The Labute approximate surface area is 138 Å². The number of fused-ring (bicyclic) bond motifs is 1. The van der Waals surface area contributed by atoms with Gasteiger partial charge in [0.25, 0.3) is 11.5 Å². The summed E-state index contributed by atoms with van der Waals surface area (Å²) in [5, 5.41) is 3.62. The topological polar surface area (TPSA) is 62.0 Å². The van der Waals surface area contributed by atoms with Gasteiger partial charge >= 0.3 is 0 Å². The molecule has 2 aromatic carbocycles. The highest BCUT2D eigenvalue weighted by molar-refractivity contribution is 5.94. The van der Waals surface area contributed by atoms with Crippen LogP contribution in [0.1, 0.15) is 27.0 Å². The lowest BCUT2D eigenvalue weighted by Gasteiger charge is -2.08. The zero-order chi connectivity index (χ0) is 17.3. The Kier molecular flexibility index (Phi) is 4.16. The molecule has 3 aromatic rings. The second-order valence-corrected chi connectivity index (χ2v) is 5.86. The van der Waals surface area contributed by atoms with E-state index in [1.807, 2.05) is 26.0 Å². The summed E-state index contributed by atoms with van der Waals surface area (Å²) in [7, 11) is 0. The lowest BCUT2D eigenvalue weighted by Crippen LogP contribution is -2.26. The van der Waals surface area contributed by atoms with E-state index in [-0.39, 0.29) is 18.0 Å². The number of aromatic nitrogens is 1. The van der Waals surface area contributed by atoms with Gasteiger partial charge in [-0.2, -0.15) is 0 Å². The Balaban J connectivity index is 1.85. The normalized spacial score (nSPS) is 10.8. The fourth-order valence-electron chi connectivity index (χ4n) is 2.74. The molecule has 0 bridgehead atoms. The van der Waals surface area contributed by atoms with Crippen molar-refractivity contribution in [3.05, 3.63) is 80.9 Å². The minimum atomic E-state index is -0.400. The molecule has 0 unspecified atom stereocenters. The Hall–Kier alpha value is -2.95. The molecule has 0 saturated carbocycles. The number of benzene rings is 2. The monoisotopic (exact) mass is 324 g/mol. The molecule has 0 spiro atoms. The summed E-state index contributed by atoms with van der Waals surface area (Å²) >= 11 is 0. The molecule has 4 nitrogen and oxygen atoms in total. The Bertz CT molecular complexity index is 975. The second-order valence-electron chi connectivity index (χ2n) is 5.86. The number of hydrogen-bond donors (Lipinski definition) is 2. The minimum absolute atomic E-state index is 0.106. The molecule has 3 rings (SSSR count). The maximum absolute atomic E-state index is 12.9. The molecule has 0 saturated heterocycles. The molecule has 0 radical (unpaired) electrons. The molecule has 0 aliphatic carbocycles. The summed E-state index contributed by atoms with van der Waals surface area (Å²) in [5.41, 5.74) is 3.51. The maximum Gasteiger partial charge on any atom is 0.253 e. The van der Waals surface area contributed by atoms with Crippen molar-refractivity contribution in [2.45, 2.75) is 20.4 Å². The molecule has 122 valence electrons. The summed E-state index contributed by atoms with van der Waals surface area (Å²) in [5.74, 6) is -0.752. The summed E-state index contributed by atoms with van der Waals surface area (Å²) in [6.07, 6.45) is 0. The van der Waals surface area contributed by atoms with Crippen LogP contribution in [-0.4, -0.2) is 10.9 Å². The van der Waals surface area contributed by atoms with Crippen molar-refractivity contribution < 1.29 is 9.18 Å². The molecule has 5 heteroatoms. The summed E-state index contributed by atoms with van der Waals surface area (Å²) in [6.45, 7) is 4.04. The number of nitrogens with one attached hydrogen (secondary N) is 2. The molecule has 2 N–H and O–H groups in total. The lowest BCUT2D eigenvalue weighted by molar-refractivity contribution is 0.0950. The number of carbonyl (C=O) groups is 1. The zero-order valence-corrected chi connectivity index (χ0v) is 13.4. The first-order chi connectivity index (χ1) is 11.4. The van der Waals surface area contributed by atoms with Crippen LogP contribution in [0, 0.1) is 19.7 Å². The van der Waals surface area contributed by atoms with E-state index in [0.717, 1.165) is 22.0 Å². The van der Waals surface area contributed by atoms with Crippen molar-refractivity contribution in [2.24, 2.45) is 0 Å². The predicted molar refractivity (Wildman–Crippen MR) is 91.6 cm³/mol. The molecule has 1 heterocycles. The van der Waals surface area contributed by atoms with E-state index in [1.54, 1.807) is 6.07 Å².